The Kier molecular flexibility index (Phi) is 5.40. The van der Waals surface area contributed by atoms with Gasteiger partial charge in [0.15, 0.2) is 0 Å². The van der Waals surface area contributed by atoms with E-state index in [0.29, 0.717) is 13.1 Å². The summed E-state index contributed by atoms with van der Waals surface area (Å²) in [6.45, 7) is 7.57. The highest BCUT2D eigenvalue weighted by atomic mass is 19.1. The minimum Gasteiger partial charge on any atom is -0.444 e. The quantitative estimate of drug-likeness (QED) is 0.931. The van der Waals surface area contributed by atoms with Gasteiger partial charge in [-0.25, -0.2) is 9.18 Å². The van der Waals surface area contributed by atoms with Crippen LogP contribution in [0.5, 0.6) is 0 Å². The van der Waals surface area contributed by atoms with Crippen LogP contribution in [-0.2, 0) is 11.3 Å². The average molecular weight is 308 g/mol. The van der Waals surface area contributed by atoms with Crippen LogP contribution in [0.25, 0.3) is 0 Å². The summed E-state index contributed by atoms with van der Waals surface area (Å²) in [4.78, 5) is 13.9. The molecule has 122 valence electrons. The van der Waals surface area contributed by atoms with E-state index >= 15 is 0 Å². The van der Waals surface area contributed by atoms with Gasteiger partial charge in [-0.3, -0.25) is 0 Å². The molecule has 22 heavy (non-hydrogen) atoms. The van der Waals surface area contributed by atoms with E-state index in [1.54, 1.807) is 11.0 Å². The molecule has 1 aromatic rings. The van der Waals surface area contributed by atoms with E-state index in [9.17, 15) is 9.18 Å². The Balaban J connectivity index is 1.84. The Morgan fingerprint density at radius 1 is 1.45 bits per heavy atom. The summed E-state index contributed by atoms with van der Waals surface area (Å²) in [5, 5.41) is 3.40. The summed E-state index contributed by atoms with van der Waals surface area (Å²) < 4.78 is 18.6. The van der Waals surface area contributed by atoms with Crippen molar-refractivity contribution in [3.05, 3.63) is 35.6 Å². The van der Waals surface area contributed by atoms with Crippen LogP contribution in [0.1, 0.15) is 39.2 Å². The van der Waals surface area contributed by atoms with Gasteiger partial charge in [0.2, 0.25) is 0 Å². The van der Waals surface area contributed by atoms with Gasteiger partial charge in [-0.1, -0.05) is 12.1 Å². The molecule has 1 saturated heterocycles. The summed E-state index contributed by atoms with van der Waals surface area (Å²) in [7, 11) is 0. The molecule has 1 aliphatic heterocycles. The zero-order valence-corrected chi connectivity index (χ0v) is 13.6. The Labute approximate surface area is 131 Å². The Bertz CT molecular complexity index is 514. The molecule has 0 bridgehead atoms. The third-order valence-corrected chi connectivity index (χ3v) is 3.56. The summed E-state index contributed by atoms with van der Waals surface area (Å²) >= 11 is 0. The Morgan fingerprint density at radius 3 is 2.91 bits per heavy atom. The second-order valence-electron chi connectivity index (χ2n) is 6.78. The molecule has 0 spiro atoms. The van der Waals surface area contributed by atoms with Crippen molar-refractivity contribution in [3.63, 3.8) is 0 Å². The van der Waals surface area contributed by atoms with E-state index in [1.165, 1.54) is 12.1 Å². The highest BCUT2D eigenvalue weighted by molar-refractivity contribution is 5.68. The van der Waals surface area contributed by atoms with Crippen molar-refractivity contribution in [2.24, 2.45) is 0 Å². The van der Waals surface area contributed by atoms with Crippen LogP contribution in [0.15, 0.2) is 24.3 Å². The molecule has 1 fully saturated rings. The molecule has 2 rings (SSSR count). The fourth-order valence-electron chi connectivity index (χ4n) is 2.55. The van der Waals surface area contributed by atoms with Crippen LogP contribution in [0.2, 0.25) is 0 Å². The molecule has 1 heterocycles. The van der Waals surface area contributed by atoms with Crippen molar-refractivity contribution in [1.29, 1.82) is 0 Å². The second kappa shape index (κ2) is 7.09. The molecule has 1 N–H and O–H groups in total. The Hall–Kier alpha value is -1.62. The monoisotopic (exact) mass is 308 g/mol. The number of hydrogen-bond donors (Lipinski definition) is 1. The average Bonchev–Trinajstić information content (AvgIpc) is 2.44. The maximum atomic E-state index is 13.2. The standard InChI is InChI=1S/C17H25FN2O2/c1-17(2,3)22-16(21)20-9-5-8-15(12-20)19-11-13-6-4-7-14(18)10-13/h4,6-7,10,15,19H,5,8-9,11-12H2,1-3H3. The number of nitrogens with zero attached hydrogens (tertiary/aromatic N) is 1. The summed E-state index contributed by atoms with van der Waals surface area (Å²) in [6.07, 6.45) is 1.69. The van der Waals surface area contributed by atoms with Crippen LogP contribution in [0.4, 0.5) is 9.18 Å². The van der Waals surface area contributed by atoms with Gasteiger partial charge in [0, 0.05) is 25.7 Å². The number of amides is 1. The second-order valence-corrected chi connectivity index (χ2v) is 6.78. The fraction of sp³-hybridized carbons (Fsp3) is 0.588. The third-order valence-electron chi connectivity index (χ3n) is 3.56. The first-order valence-electron chi connectivity index (χ1n) is 7.79. The van der Waals surface area contributed by atoms with Crippen LogP contribution in [-0.4, -0.2) is 35.7 Å². The van der Waals surface area contributed by atoms with Crippen LogP contribution < -0.4 is 5.32 Å². The molecular weight excluding hydrogens is 283 g/mol. The molecule has 0 saturated carbocycles. The van der Waals surface area contributed by atoms with Crippen LogP contribution >= 0.6 is 0 Å². The number of carbonyl (C=O) groups excluding carboxylic acids is 1. The van der Waals surface area contributed by atoms with E-state index in [0.717, 1.165) is 24.9 Å². The summed E-state index contributed by atoms with van der Waals surface area (Å²) in [6, 6.07) is 6.78. The molecule has 0 aliphatic carbocycles. The molecular formula is C17H25FN2O2. The third kappa shape index (κ3) is 5.30. The van der Waals surface area contributed by atoms with Crippen molar-refractivity contribution in [2.45, 2.75) is 51.8 Å². The maximum absolute atomic E-state index is 13.2. The van der Waals surface area contributed by atoms with Crippen LogP contribution in [0, 0.1) is 5.82 Å². The SMILES string of the molecule is CC(C)(C)OC(=O)N1CCCC(NCc2cccc(F)c2)C1. The number of ether oxygens (including phenoxy) is 1. The van der Waals surface area contributed by atoms with Gasteiger partial charge in [-0.15, -0.1) is 0 Å². The molecule has 1 unspecified atom stereocenters. The number of piperidine rings is 1. The van der Waals surface area contributed by atoms with Gasteiger partial charge >= 0.3 is 6.09 Å². The number of benzene rings is 1. The van der Waals surface area contributed by atoms with E-state index < -0.39 is 5.60 Å². The molecule has 1 amide bonds. The highest BCUT2D eigenvalue weighted by Gasteiger charge is 2.27. The van der Waals surface area contributed by atoms with Crippen LogP contribution in [0.3, 0.4) is 0 Å². The molecule has 5 heteroatoms. The number of likely N-dealkylation sites (tertiary alicyclic amines) is 1. The van der Waals surface area contributed by atoms with Crippen molar-refractivity contribution >= 4 is 6.09 Å². The maximum Gasteiger partial charge on any atom is 0.410 e. The Morgan fingerprint density at radius 2 is 2.23 bits per heavy atom. The van der Waals surface area contributed by atoms with E-state index in [2.05, 4.69) is 5.32 Å². The molecule has 1 aromatic carbocycles. The fourth-order valence-corrected chi connectivity index (χ4v) is 2.55. The van der Waals surface area contributed by atoms with Crippen molar-refractivity contribution in [3.8, 4) is 0 Å². The topological polar surface area (TPSA) is 41.6 Å². The predicted octanol–water partition coefficient (Wildman–Crippen LogP) is 3.31. The summed E-state index contributed by atoms with van der Waals surface area (Å²) in [5.41, 5.74) is 0.438. The number of hydrogen-bond acceptors (Lipinski definition) is 3. The zero-order chi connectivity index (χ0) is 16.2. The van der Waals surface area contributed by atoms with Gasteiger partial charge in [-0.2, -0.15) is 0 Å². The van der Waals surface area contributed by atoms with E-state index in [4.69, 9.17) is 4.74 Å². The number of nitrogens with one attached hydrogen (secondary N) is 1. The smallest absolute Gasteiger partial charge is 0.410 e. The van der Waals surface area contributed by atoms with Gasteiger partial charge in [0.1, 0.15) is 11.4 Å². The molecule has 1 aliphatic rings. The van der Waals surface area contributed by atoms with Crippen molar-refractivity contribution in [1.82, 2.24) is 10.2 Å². The lowest BCUT2D eigenvalue weighted by Crippen LogP contribution is -2.49. The lowest BCUT2D eigenvalue weighted by Gasteiger charge is -2.34. The highest BCUT2D eigenvalue weighted by Crippen LogP contribution is 2.16. The molecule has 1 atom stereocenters. The number of rotatable bonds is 3. The van der Waals surface area contributed by atoms with Gasteiger partial charge < -0.3 is 15.0 Å². The first-order chi connectivity index (χ1) is 10.3. The minimum absolute atomic E-state index is 0.213. The lowest BCUT2D eigenvalue weighted by atomic mass is 10.1. The normalized spacial score (nSPS) is 19.1. The number of carbonyl (C=O) groups is 1. The van der Waals surface area contributed by atoms with Gasteiger partial charge in [-0.05, 0) is 51.3 Å². The van der Waals surface area contributed by atoms with Gasteiger partial charge in [0.05, 0.1) is 0 Å². The van der Waals surface area contributed by atoms with Crippen molar-refractivity contribution < 1.29 is 13.9 Å². The molecule has 4 nitrogen and oxygen atoms in total. The molecule has 0 radical (unpaired) electrons. The largest absolute Gasteiger partial charge is 0.444 e. The van der Waals surface area contributed by atoms with Gasteiger partial charge in [0.25, 0.3) is 0 Å². The van der Waals surface area contributed by atoms with E-state index in [-0.39, 0.29) is 18.0 Å². The lowest BCUT2D eigenvalue weighted by molar-refractivity contribution is 0.0187. The minimum atomic E-state index is -0.473. The summed E-state index contributed by atoms with van der Waals surface area (Å²) in [5.74, 6) is -0.224. The number of halogens is 1. The first kappa shape index (κ1) is 16.7. The zero-order valence-electron chi connectivity index (χ0n) is 13.6. The molecule has 0 aromatic heterocycles. The first-order valence-corrected chi connectivity index (χ1v) is 7.79. The predicted molar refractivity (Wildman–Crippen MR) is 84.1 cm³/mol. The van der Waals surface area contributed by atoms with Crippen molar-refractivity contribution in [2.75, 3.05) is 13.1 Å². The van der Waals surface area contributed by atoms with E-state index in [1.807, 2.05) is 26.8 Å².